The van der Waals surface area contributed by atoms with Crippen LogP contribution in [0.4, 0.5) is 4.39 Å². The van der Waals surface area contributed by atoms with E-state index in [9.17, 15) is 14.3 Å². The van der Waals surface area contributed by atoms with E-state index in [-0.39, 0.29) is 18.0 Å². The van der Waals surface area contributed by atoms with Gasteiger partial charge in [-0.25, -0.2) is 9.18 Å². The topological polar surface area (TPSA) is 83.6 Å². The second-order valence-corrected chi connectivity index (χ2v) is 2.99. The van der Waals surface area contributed by atoms with Gasteiger partial charge >= 0.3 is 5.97 Å². The van der Waals surface area contributed by atoms with E-state index in [4.69, 9.17) is 10.8 Å². The minimum Gasteiger partial charge on any atom is -0.507 e. The Morgan fingerprint density at radius 1 is 1.53 bits per heavy atom. The molecule has 1 aromatic carbocycles. The molecule has 15 heavy (non-hydrogen) atoms. The van der Waals surface area contributed by atoms with Crippen LogP contribution >= 0.6 is 12.4 Å². The molecule has 0 heterocycles. The van der Waals surface area contributed by atoms with Crippen molar-refractivity contribution >= 4 is 18.4 Å². The van der Waals surface area contributed by atoms with Gasteiger partial charge in [0.2, 0.25) is 0 Å². The molecule has 0 radical (unpaired) electrons. The maximum atomic E-state index is 12.9. The van der Waals surface area contributed by atoms with E-state index in [2.05, 4.69) is 0 Å². The molecule has 0 spiro atoms. The maximum Gasteiger partial charge on any atom is 0.339 e. The van der Waals surface area contributed by atoms with Gasteiger partial charge in [-0.3, -0.25) is 0 Å². The number of rotatable bonds is 2. The molecular weight excluding hydrogens is 225 g/mol. The first-order valence-corrected chi connectivity index (χ1v) is 3.94. The molecule has 4 N–H and O–H groups in total. The Bertz CT molecular complexity index is 382. The highest BCUT2D eigenvalue weighted by molar-refractivity contribution is 5.91. The number of halogens is 2. The summed E-state index contributed by atoms with van der Waals surface area (Å²) in [6, 6.07) is 1.15. The smallest absolute Gasteiger partial charge is 0.339 e. The molecule has 0 bridgehead atoms. The molecule has 0 aliphatic rings. The van der Waals surface area contributed by atoms with Crippen LogP contribution < -0.4 is 5.73 Å². The van der Waals surface area contributed by atoms with Crippen molar-refractivity contribution in [2.45, 2.75) is 13.0 Å². The Kier molecular flexibility index (Phi) is 4.51. The largest absolute Gasteiger partial charge is 0.507 e. The Morgan fingerprint density at radius 2 is 2.07 bits per heavy atom. The van der Waals surface area contributed by atoms with Gasteiger partial charge in [0, 0.05) is 11.6 Å². The Labute approximate surface area is 91.9 Å². The van der Waals surface area contributed by atoms with Crippen molar-refractivity contribution in [1.29, 1.82) is 0 Å². The molecule has 0 saturated heterocycles. The fourth-order valence-electron chi connectivity index (χ4n) is 1.13. The fraction of sp³-hybridized carbons (Fsp3) is 0.222. The molecule has 0 aliphatic carbocycles. The van der Waals surface area contributed by atoms with Crippen molar-refractivity contribution in [1.82, 2.24) is 0 Å². The van der Waals surface area contributed by atoms with Crippen LogP contribution in [0.1, 0.15) is 28.9 Å². The third-order valence-electron chi connectivity index (χ3n) is 1.83. The van der Waals surface area contributed by atoms with Gasteiger partial charge in [0.05, 0.1) is 0 Å². The van der Waals surface area contributed by atoms with Crippen molar-refractivity contribution in [2.24, 2.45) is 5.73 Å². The van der Waals surface area contributed by atoms with Gasteiger partial charge in [-0.15, -0.1) is 12.4 Å². The van der Waals surface area contributed by atoms with Gasteiger partial charge in [-0.2, -0.15) is 0 Å². The molecule has 6 heteroatoms. The number of carbonyl (C=O) groups is 1. The van der Waals surface area contributed by atoms with Crippen LogP contribution in [0.5, 0.6) is 5.75 Å². The van der Waals surface area contributed by atoms with Crippen molar-refractivity contribution in [3.05, 3.63) is 29.1 Å². The molecule has 0 aromatic heterocycles. The minimum absolute atomic E-state index is 0. The lowest BCUT2D eigenvalue weighted by atomic mass is 10.0. The third kappa shape index (κ3) is 2.81. The molecule has 1 atom stereocenters. The van der Waals surface area contributed by atoms with Crippen LogP contribution in [0.3, 0.4) is 0 Å². The summed E-state index contributed by atoms with van der Waals surface area (Å²) >= 11 is 0. The van der Waals surface area contributed by atoms with Gasteiger partial charge in [0.15, 0.2) is 0 Å². The summed E-state index contributed by atoms with van der Waals surface area (Å²) in [7, 11) is 0. The summed E-state index contributed by atoms with van der Waals surface area (Å²) in [5, 5.41) is 18.1. The molecular formula is C9H11ClFNO3. The Morgan fingerprint density at radius 3 is 2.47 bits per heavy atom. The highest BCUT2D eigenvalue weighted by atomic mass is 35.5. The summed E-state index contributed by atoms with van der Waals surface area (Å²) < 4.78 is 12.9. The molecule has 4 nitrogen and oxygen atoms in total. The minimum atomic E-state index is -1.39. The van der Waals surface area contributed by atoms with Gasteiger partial charge < -0.3 is 15.9 Å². The van der Waals surface area contributed by atoms with Gasteiger partial charge in [-0.05, 0) is 19.1 Å². The third-order valence-corrected chi connectivity index (χ3v) is 1.83. The average Bonchev–Trinajstić information content (AvgIpc) is 2.07. The fourth-order valence-corrected chi connectivity index (χ4v) is 1.13. The number of nitrogens with two attached hydrogens (primary N) is 1. The first-order chi connectivity index (χ1) is 6.43. The molecule has 1 aromatic rings. The second-order valence-electron chi connectivity index (χ2n) is 2.99. The zero-order valence-corrected chi connectivity index (χ0v) is 8.71. The van der Waals surface area contributed by atoms with Crippen LogP contribution in [-0.4, -0.2) is 16.2 Å². The summed E-state index contributed by atoms with van der Waals surface area (Å²) in [4.78, 5) is 10.6. The lowest BCUT2D eigenvalue weighted by Crippen LogP contribution is -2.08. The quantitative estimate of drug-likeness (QED) is 0.728. The summed E-state index contributed by atoms with van der Waals surface area (Å²) in [6.07, 6.45) is 0. The van der Waals surface area contributed by atoms with E-state index in [0.717, 1.165) is 12.1 Å². The SMILES string of the molecule is C[C@@H](N)c1cc(F)cc(C(=O)O)c1O.Cl. The predicted molar refractivity (Wildman–Crippen MR) is 54.9 cm³/mol. The average molecular weight is 236 g/mol. The van der Waals surface area contributed by atoms with Crippen molar-refractivity contribution in [2.75, 3.05) is 0 Å². The number of phenols is 1. The van der Waals surface area contributed by atoms with Crippen LogP contribution in [0, 0.1) is 5.82 Å². The predicted octanol–water partition coefficient (Wildman–Crippen LogP) is 1.67. The van der Waals surface area contributed by atoms with E-state index < -0.39 is 29.1 Å². The number of carboxylic acids is 1. The maximum absolute atomic E-state index is 12.9. The lowest BCUT2D eigenvalue weighted by Gasteiger charge is -2.10. The highest BCUT2D eigenvalue weighted by Crippen LogP contribution is 2.28. The number of hydrogen-bond acceptors (Lipinski definition) is 3. The van der Waals surface area contributed by atoms with E-state index in [1.54, 1.807) is 0 Å². The van der Waals surface area contributed by atoms with Crippen LogP contribution in [0.2, 0.25) is 0 Å². The molecule has 0 amide bonds. The lowest BCUT2D eigenvalue weighted by molar-refractivity contribution is 0.0693. The second kappa shape index (κ2) is 4.95. The Hall–Kier alpha value is -1.33. The van der Waals surface area contributed by atoms with Crippen LogP contribution in [0.15, 0.2) is 12.1 Å². The van der Waals surface area contributed by atoms with Crippen molar-refractivity contribution in [3.63, 3.8) is 0 Å². The molecule has 0 aliphatic heterocycles. The summed E-state index contributed by atoms with van der Waals surface area (Å²) in [6.45, 7) is 1.53. The van der Waals surface area contributed by atoms with E-state index in [0.29, 0.717) is 0 Å². The van der Waals surface area contributed by atoms with Crippen molar-refractivity contribution < 1.29 is 19.4 Å². The van der Waals surface area contributed by atoms with Gasteiger partial charge in [0.25, 0.3) is 0 Å². The molecule has 1 rings (SSSR count). The number of aromatic hydroxyl groups is 1. The standard InChI is InChI=1S/C9H10FNO3.ClH/c1-4(11)6-2-5(10)3-7(8(6)12)9(13)14;/h2-4,12H,11H2,1H3,(H,13,14);1H/t4-;/m1./s1. The van der Waals surface area contributed by atoms with E-state index in [1.807, 2.05) is 0 Å². The van der Waals surface area contributed by atoms with E-state index >= 15 is 0 Å². The van der Waals surface area contributed by atoms with Crippen LogP contribution in [0.25, 0.3) is 0 Å². The Balaban J connectivity index is 0.00000196. The number of carboxylic acid groups (broad SMARTS) is 1. The zero-order valence-electron chi connectivity index (χ0n) is 7.90. The summed E-state index contributed by atoms with van der Waals surface area (Å²) in [5.74, 6) is -2.59. The van der Waals surface area contributed by atoms with Gasteiger partial charge in [0.1, 0.15) is 17.1 Å². The molecule has 0 fully saturated rings. The molecule has 0 unspecified atom stereocenters. The van der Waals surface area contributed by atoms with Crippen molar-refractivity contribution in [3.8, 4) is 5.75 Å². The number of aromatic carboxylic acids is 1. The first kappa shape index (κ1) is 13.7. The molecule has 84 valence electrons. The molecule has 0 saturated carbocycles. The number of benzene rings is 1. The monoisotopic (exact) mass is 235 g/mol. The normalized spacial score (nSPS) is 11.7. The summed E-state index contributed by atoms with van der Waals surface area (Å²) in [5.41, 5.74) is 5.04. The van der Waals surface area contributed by atoms with Crippen LogP contribution in [-0.2, 0) is 0 Å². The first-order valence-electron chi connectivity index (χ1n) is 3.94. The van der Waals surface area contributed by atoms with Gasteiger partial charge in [-0.1, -0.05) is 0 Å². The number of hydrogen-bond donors (Lipinski definition) is 3. The van der Waals surface area contributed by atoms with E-state index in [1.165, 1.54) is 6.92 Å². The highest BCUT2D eigenvalue weighted by Gasteiger charge is 2.17. The zero-order chi connectivity index (χ0) is 10.9.